The first-order valence-corrected chi connectivity index (χ1v) is 11.4. The summed E-state index contributed by atoms with van der Waals surface area (Å²) in [6, 6.07) is 11.9. The van der Waals surface area contributed by atoms with E-state index in [9.17, 15) is 13.2 Å². The van der Waals surface area contributed by atoms with E-state index in [2.05, 4.69) is 5.32 Å². The van der Waals surface area contributed by atoms with Crippen LogP contribution in [0.2, 0.25) is 0 Å². The first-order chi connectivity index (χ1) is 13.6. The van der Waals surface area contributed by atoms with Crippen LogP contribution in [0.3, 0.4) is 0 Å². The average Bonchev–Trinajstić information content (AvgIpc) is 2.64. The van der Waals surface area contributed by atoms with Crippen LogP contribution in [0.4, 0.5) is 5.69 Å². The summed E-state index contributed by atoms with van der Waals surface area (Å²) in [4.78, 5) is 13.0. The van der Waals surface area contributed by atoms with Crippen LogP contribution in [0.15, 0.2) is 42.5 Å². The Kier molecular flexibility index (Phi) is 7.30. The Morgan fingerprint density at radius 1 is 1.10 bits per heavy atom. The number of ether oxygens (including phenoxy) is 1. The summed E-state index contributed by atoms with van der Waals surface area (Å²) in [5.41, 5.74) is 3.30. The van der Waals surface area contributed by atoms with Crippen molar-refractivity contribution in [2.75, 3.05) is 17.7 Å². The number of nitrogens with zero attached hydrogens (tertiary/aromatic N) is 1. The molecule has 2 aromatic carbocycles. The molecule has 1 amide bonds. The van der Waals surface area contributed by atoms with Crippen LogP contribution in [0.5, 0.6) is 5.75 Å². The van der Waals surface area contributed by atoms with Crippen molar-refractivity contribution in [3.8, 4) is 5.75 Å². The van der Waals surface area contributed by atoms with Gasteiger partial charge in [-0.2, -0.15) is 0 Å². The minimum absolute atomic E-state index is 0.225. The number of hydrogen-bond donors (Lipinski definition) is 1. The number of amides is 1. The lowest BCUT2D eigenvalue weighted by Gasteiger charge is -2.30. The summed E-state index contributed by atoms with van der Waals surface area (Å²) in [7, 11) is -2.06. The first kappa shape index (κ1) is 22.7. The molecule has 0 bridgehead atoms. The molecule has 0 unspecified atom stereocenters. The van der Waals surface area contributed by atoms with Crippen molar-refractivity contribution in [3.63, 3.8) is 0 Å². The number of rotatable bonds is 8. The zero-order valence-corrected chi connectivity index (χ0v) is 18.7. The van der Waals surface area contributed by atoms with E-state index in [0.717, 1.165) is 28.7 Å². The first-order valence-electron chi connectivity index (χ1n) is 9.58. The van der Waals surface area contributed by atoms with Crippen LogP contribution in [-0.2, 0) is 14.8 Å². The van der Waals surface area contributed by atoms with Crippen molar-refractivity contribution in [2.45, 2.75) is 46.2 Å². The van der Waals surface area contributed by atoms with Gasteiger partial charge in [-0.3, -0.25) is 9.10 Å². The van der Waals surface area contributed by atoms with Gasteiger partial charge >= 0.3 is 0 Å². The minimum Gasteiger partial charge on any atom is -0.497 e. The van der Waals surface area contributed by atoms with Gasteiger partial charge in [-0.15, -0.1) is 0 Å². The number of aryl methyl sites for hydroxylation is 2. The molecule has 0 aromatic heterocycles. The Hall–Kier alpha value is -2.54. The number of methoxy groups -OCH3 is 1. The number of carbonyl (C=O) groups is 1. The fraction of sp³-hybridized carbons (Fsp3) is 0.409. The van der Waals surface area contributed by atoms with E-state index in [1.54, 1.807) is 26.2 Å². The van der Waals surface area contributed by atoms with Gasteiger partial charge in [-0.05, 0) is 68.1 Å². The molecule has 1 N–H and O–H groups in total. The second-order valence-electron chi connectivity index (χ2n) is 7.32. The molecule has 0 fully saturated rings. The Morgan fingerprint density at radius 3 is 2.10 bits per heavy atom. The minimum atomic E-state index is -3.66. The van der Waals surface area contributed by atoms with Crippen LogP contribution < -0.4 is 14.4 Å². The van der Waals surface area contributed by atoms with Crippen molar-refractivity contribution < 1.29 is 17.9 Å². The molecule has 0 saturated carbocycles. The highest BCUT2D eigenvalue weighted by Crippen LogP contribution is 2.25. The molecule has 7 heteroatoms. The van der Waals surface area contributed by atoms with Crippen LogP contribution in [-0.4, -0.2) is 33.7 Å². The molecule has 2 rings (SSSR count). The molecule has 29 heavy (non-hydrogen) atoms. The summed E-state index contributed by atoms with van der Waals surface area (Å²) >= 11 is 0. The smallest absolute Gasteiger partial charge is 0.244 e. The maximum atomic E-state index is 13.0. The van der Waals surface area contributed by atoms with Crippen molar-refractivity contribution in [2.24, 2.45) is 0 Å². The highest BCUT2D eigenvalue weighted by Gasteiger charge is 2.30. The summed E-state index contributed by atoms with van der Waals surface area (Å²) < 4.78 is 31.4. The third kappa shape index (κ3) is 5.73. The fourth-order valence-corrected chi connectivity index (χ4v) is 4.59. The molecule has 0 aliphatic carbocycles. The molecule has 0 heterocycles. The quantitative estimate of drug-likeness (QED) is 0.709. The van der Waals surface area contributed by atoms with Crippen LogP contribution in [0.25, 0.3) is 0 Å². The highest BCUT2D eigenvalue weighted by atomic mass is 32.2. The largest absolute Gasteiger partial charge is 0.497 e. The monoisotopic (exact) mass is 418 g/mol. The summed E-state index contributed by atoms with van der Waals surface area (Å²) in [6.45, 7) is 7.38. The van der Waals surface area contributed by atoms with E-state index in [-0.39, 0.29) is 11.9 Å². The summed E-state index contributed by atoms with van der Waals surface area (Å²) in [5, 5.41) is 2.99. The van der Waals surface area contributed by atoms with Gasteiger partial charge in [0, 0.05) is 0 Å². The molecule has 0 saturated heterocycles. The highest BCUT2D eigenvalue weighted by molar-refractivity contribution is 7.92. The van der Waals surface area contributed by atoms with Gasteiger partial charge in [0.1, 0.15) is 11.8 Å². The lowest BCUT2D eigenvalue weighted by molar-refractivity contribution is -0.122. The molecule has 158 valence electrons. The Morgan fingerprint density at radius 2 is 1.66 bits per heavy atom. The van der Waals surface area contributed by atoms with E-state index in [1.807, 2.05) is 51.1 Å². The second kappa shape index (κ2) is 9.31. The maximum absolute atomic E-state index is 13.0. The zero-order chi connectivity index (χ0) is 21.8. The number of sulfonamides is 1. The lowest BCUT2D eigenvalue weighted by Crippen LogP contribution is -2.48. The van der Waals surface area contributed by atoms with Crippen molar-refractivity contribution >= 4 is 21.6 Å². The van der Waals surface area contributed by atoms with Gasteiger partial charge in [0.25, 0.3) is 0 Å². The Balaban J connectivity index is 2.30. The molecule has 0 radical (unpaired) electrons. The lowest BCUT2D eigenvalue weighted by atomic mass is 10.0. The van der Waals surface area contributed by atoms with Crippen molar-refractivity contribution in [3.05, 3.63) is 59.2 Å². The second-order valence-corrected chi connectivity index (χ2v) is 9.18. The summed E-state index contributed by atoms with van der Waals surface area (Å²) in [6.07, 6.45) is 1.79. The van der Waals surface area contributed by atoms with E-state index in [4.69, 9.17) is 4.74 Å². The van der Waals surface area contributed by atoms with Gasteiger partial charge in [-0.1, -0.05) is 25.1 Å². The summed E-state index contributed by atoms with van der Waals surface area (Å²) in [5.74, 6) is 0.388. The number of nitrogens with one attached hydrogen (secondary N) is 1. The molecule has 2 atom stereocenters. The van der Waals surface area contributed by atoms with Gasteiger partial charge in [0.2, 0.25) is 15.9 Å². The van der Waals surface area contributed by atoms with Gasteiger partial charge in [0.05, 0.1) is 25.1 Å². The molecule has 0 aliphatic heterocycles. The molecule has 0 spiro atoms. The molecular weight excluding hydrogens is 388 g/mol. The van der Waals surface area contributed by atoms with E-state index < -0.39 is 16.1 Å². The number of anilines is 1. The number of hydrogen-bond acceptors (Lipinski definition) is 4. The number of carbonyl (C=O) groups excluding carboxylic acids is 1. The molecule has 2 aromatic rings. The fourth-order valence-electron chi connectivity index (χ4n) is 3.44. The van der Waals surface area contributed by atoms with Crippen molar-refractivity contribution in [1.29, 1.82) is 0 Å². The average molecular weight is 419 g/mol. The third-order valence-electron chi connectivity index (χ3n) is 4.79. The van der Waals surface area contributed by atoms with Gasteiger partial charge < -0.3 is 10.1 Å². The third-order valence-corrected chi connectivity index (χ3v) is 6.03. The van der Waals surface area contributed by atoms with E-state index >= 15 is 0 Å². The van der Waals surface area contributed by atoms with Crippen LogP contribution >= 0.6 is 0 Å². The predicted octanol–water partition coefficient (Wildman–Crippen LogP) is 3.73. The standard InChI is InChI=1S/C22H30N2O4S/c1-7-21(18-8-10-20(28-5)11-9-18)23-22(25)17(4)24(29(6,26)27)19-13-15(2)12-16(3)14-19/h8-14,17,21H,7H2,1-6H3,(H,23,25)/t17-,21-/m1/s1. The van der Waals surface area contributed by atoms with E-state index in [0.29, 0.717) is 12.1 Å². The Bertz CT molecular complexity index is 935. The van der Waals surface area contributed by atoms with Crippen molar-refractivity contribution in [1.82, 2.24) is 5.32 Å². The predicted molar refractivity (Wildman–Crippen MR) is 117 cm³/mol. The SMILES string of the molecule is CC[C@@H](NC(=O)[C@@H](C)N(c1cc(C)cc(C)c1)S(C)(=O)=O)c1ccc(OC)cc1. The van der Waals surface area contributed by atoms with Gasteiger partial charge in [0.15, 0.2) is 0 Å². The zero-order valence-electron chi connectivity index (χ0n) is 17.9. The molecular formula is C22H30N2O4S. The van der Waals surface area contributed by atoms with Crippen LogP contribution in [0.1, 0.15) is 43.0 Å². The normalized spacial score (nSPS) is 13.4. The molecule has 6 nitrogen and oxygen atoms in total. The topological polar surface area (TPSA) is 75.7 Å². The molecule has 0 aliphatic rings. The Labute approximate surface area is 173 Å². The van der Waals surface area contributed by atoms with E-state index in [1.165, 1.54) is 4.31 Å². The van der Waals surface area contributed by atoms with Crippen LogP contribution in [0, 0.1) is 13.8 Å². The van der Waals surface area contributed by atoms with Gasteiger partial charge in [-0.25, -0.2) is 8.42 Å². The maximum Gasteiger partial charge on any atom is 0.244 e. The number of benzene rings is 2.